The van der Waals surface area contributed by atoms with Crippen molar-refractivity contribution in [3.8, 4) is 6.07 Å². The van der Waals surface area contributed by atoms with E-state index in [1.165, 1.54) is 45.2 Å². The van der Waals surface area contributed by atoms with Crippen LogP contribution in [-0.4, -0.2) is 23.5 Å². The lowest BCUT2D eigenvalue weighted by atomic mass is 10.1. The fourth-order valence-electron chi connectivity index (χ4n) is 2.26. The van der Waals surface area contributed by atoms with Gasteiger partial charge in [0.05, 0.1) is 12.5 Å². The molecule has 0 aromatic heterocycles. The molecule has 0 aromatic carbocycles. The highest BCUT2D eigenvalue weighted by atomic mass is 15.2. The fraction of sp³-hybridized carbons (Fsp3) is 0.900. The van der Waals surface area contributed by atoms with E-state index in [0.29, 0.717) is 5.54 Å². The summed E-state index contributed by atoms with van der Waals surface area (Å²) in [6, 6.07) is 2.33. The minimum Gasteiger partial charge on any atom is -0.297 e. The molecule has 0 amide bonds. The second kappa shape index (κ2) is 3.06. The lowest BCUT2D eigenvalue weighted by molar-refractivity contribution is 0.148. The zero-order valence-corrected chi connectivity index (χ0v) is 7.55. The quantitative estimate of drug-likeness (QED) is 0.623. The first-order valence-electron chi connectivity index (χ1n) is 4.99. The Morgan fingerprint density at radius 2 is 1.83 bits per heavy atom. The van der Waals surface area contributed by atoms with Crippen molar-refractivity contribution in [2.24, 2.45) is 0 Å². The Balaban J connectivity index is 1.94. The Kier molecular flexibility index (Phi) is 2.06. The van der Waals surface area contributed by atoms with Crippen LogP contribution in [0.1, 0.15) is 38.5 Å². The minimum absolute atomic E-state index is 0.342. The van der Waals surface area contributed by atoms with E-state index in [-0.39, 0.29) is 0 Å². The molecule has 1 saturated heterocycles. The van der Waals surface area contributed by atoms with Crippen LogP contribution >= 0.6 is 0 Å². The molecule has 2 nitrogen and oxygen atoms in total. The summed E-state index contributed by atoms with van der Waals surface area (Å²) in [5.74, 6) is 0. The van der Waals surface area contributed by atoms with E-state index in [1.54, 1.807) is 0 Å². The van der Waals surface area contributed by atoms with Crippen LogP contribution in [-0.2, 0) is 0 Å². The molecular formula is C10H16N2. The molecule has 2 heteroatoms. The van der Waals surface area contributed by atoms with Crippen molar-refractivity contribution in [2.45, 2.75) is 44.1 Å². The van der Waals surface area contributed by atoms with Gasteiger partial charge in [-0.25, -0.2) is 0 Å². The highest BCUT2D eigenvalue weighted by molar-refractivity contribution is 5.08. The molecule has 2 rings (SSSR count). The third kappa shape index (κ3) is 1.34. The molecule has 66 valence electrons. The Hall–Kier alpha value is -0.550. The van der Waals surface area contributed by atoms with Crippen LogP contribution in [0.3, 0.4) is 0 Å². The van der Waals surface area contributed by atoms with E-state index in [2.05, 4.69) is 11.0 Å². The van der Waals surface area contributed by atoms with Crippen LogP contribution in [0.2, 0.25) is 0 Å². The van der Waals surface area contributed by atoms with Crippen molar-refractivity contribution in [2.75, 3.05) is 13.1 Å². The molecule has 0 unspecified atom stereocenters. The summed E-state index contributed by atoms with van der Waals surface area (Å²) >= 11 is 0. The summed E-state index contributed by atoms with van der Waals surface area (Å²) in [4.78, 5) is 2.56. The predicted molar refractivity (Wildman–Crippen MR) is 47.6 cm³/mol. The first-order chi connectivity index (χ1) is 5.87. The lowest BCUT2D eigenvalue weighted by Crippen LogP contribution is -2.40. The van der Waals surface area contributed by atoms with Crippen molar-refractivity contribution in [3.05, 3.63) is 0 Å². The molecule has 1 aliphatic heterocycles. The van der Waals surface area contributed by atoms with Gasteiger partial charge in [0.1, 0.15) is 0 Å². The maximum Gasteiger partial charge on any atom is 0.0641 e. The Morgan fingerprint density at radius 1 is 1.17 bits per heavy atom. The Morgan fingerprint density at radius 3 is 2.33 bits per heavy atom. The van der Waals surface area contributed by atoms with Crippen LogP contribution in [0, 0.1) is 11.3 Å². The highest BCUT2D eigenvalue weighted by Crippen LogP contribution is 2.45. The molecule has 1 heterocycles. The minimum atomic E-state index is 0.342. The second-order valence-electron chi connectivity index (χ2n) is 4.11. The molecule has 12 heavy (non-hydrogen) atoms. The summed E-state index contributed by atoms with van der Waals surface area (Å²) < 4.78 is 0. The average Bonchev–Trinajstić information content (AvgIpc) is 2.88. The molecule has 0 spiro atoms. The van der Waals surface area contributed by atoms with E-state index in [0.717, 1.165) is 6.42 Å². The second-order valence-corrected chi connectivity index (χ2v) is 4.11. The molecule has 0 bridgehead atoms. The van der Waals surface area contributed by atoms with Crippen LogP contribution < -0.4 is 0 Å². The van der Waals surface area contributed by atoms with Gasteiger partial charge in [-0.2, -0.15) is 5.26 Å². The third-order valence-corrected chi connectivity index (χ3v) is 3.26. The first kappa shape index (κ1) is 8.07. The van der Waals surface area contributed by atoms with Gasteiger partial charge in [-0.3, -0.25) is 4.90 Å². The van der Waals surface area contributed by atoms with Gasteiger partial charge in [0.2, 0.25) is 0 Å². The number of hydrogen-bond acceptors (Lipinski definition) is 2. The molecule has 0 N–H and O–H groups in total. The van der Waals surface area contributed by atoms with Gasteiger partial charge in [-0.05, 0) is 38.8 Å². The third-order valence-electron chi connectivity index (χ3n) is 3.26. The molecule has 2 fully saturated rings. The summed E-state index contributed by atoms with van der Waals surface area (Å²) in [7, 11) is 0. The van der Waals surface area contributed by atoms with E-state index in [9.17, 15) is 0 Å². The Labute approximate surface area is 74.2 Å². The summed E-state index contributed by atoms with van der Waals surface area (Å²) in [6.45, 7) is 2.48. The zero-order valence-electron chi connectivity index (χ0n) is 7.55. The summed E-state index contributed by atoms with van der Waals surface area (Å²) in [5, 5.41) is 8.70. The molecule has 0 atom stereocenters. The lowest BCUT2D eigenvalue weighted by Gasteiger charge is -2.33. The van der Waals surface area contributed by atoms with Crippen LogP contribution in [0.15, 0.2) is 0 Å². The smallest absolute Gasteiger partial charge is 0.0641 e. The van der Waals surface area contributed by atoms with Gasteiger partial charge in [0, 0.05) is 5.54 Å². The maximum atomic E-state index is 8.70. The molecular weight excluding hydrogens is 148 g/mol. The van der Waals surface area contributed by atoms with Gasteiger partial charge < -0.3 is 0 Å². The van der Waals surface area contributed by atoms with Crippen molar-refractivity contribution in [3.63, 3.8) is 0 Å². The molecule has 2 aliphatic rings. The van der Waals surface area contributed by atoms with E-state index >= 15 is 0 Å². The van der Waals surface area contributed by atoms with Crippen molar-refractivity contribution in [1.82, 2.24) is 4.90 Å². The number of piperidine rings is 1. The van der Waals surface area contributed by atoms with Crippen LogP contribution in [0.4, 0.5) is 0 Å². The van der Waals surface area contributed by atoms with E-state index in [4.69, 9.17) is 5.26 Å². The largest absolute Gasteiger partial charge is 0.297 e. The average molecular weight is 164 g/mol. The van der Waals surface area contributed by atoms with Crippen molar-refractivity contribution in [1.29, 1.82) is 5.26 Å². The van der Waals surface area contributed by atoms with Gasteiger partial charge in [-0.15, -0.1) is 0 Å². The SMILES string of the molecule is N#CCC1(N2CCCCC2)CC1. The maximum absolute atomic E-state index is 8.70. The van der Waals surface area contributed by atoms with E-state index in [1.807, 2.05) is 0 Å². The van der Waals surface area contributed by atoms with Crippen LogP contribution in [0.25, 0.3) is 0 Å². The van der Waals surface area contributed by atoms with Gasteiger partial charge in [-0.1, -0.05) is 6.42 Å². The normalized spacial score (nSPS) is 27.9. The number of nitriles is 1. The highest BCUT2D eigenvalue weighted by Gasteiger charge is 2.47. The predicted octanol–water partition coefficient (Wildman–Crippen LogP) is 1.92. The Bertz CT molecular complexity index is 194. The van der Waals surface area contributed by atoms with Gasteiger partial charge in [0.25, 0.3) is 0 Å². The monoisotopic (exact) mass is 164 g/mol. The topological polar surface area (TPSA) is 27.0 Å². The number of nitrogens with zero attached hydrogens (tertiary/aromatic N) is 2. The summed E-state index contributed by atoms with van der Waals surface area (Å²) in [5.41, 5.74) is 0.342. The first-order valence-corrected chi connectivity index (χ1v) is 4.99. The standard InChI is InChI=1S/C10H16N2/c11-7-6-10(4-5-10)12-8-2-1-3-9-12/h1-6,8-9H2. The van der Waals surface area contributed by atoms with Gasteiger partial charge >= 0.3 is 0 Å². The fourth-order valence-corrected chi connectivity index (χ4v) is 2.26. The molecule has 1 saturated carbocycles. The summed E-state index contributed by atoms with van der Waals surface area (Å²) in [6.07, 6.45) is 7.35. The van der Waals surface area contributed by atoms with E-state index < -0.39 is 0 Å². The van der Waals surface area contributed by atoms with Gasteiger partial charge in [0.15, 0.2) is 0 Å². The van der Waals surface area contributed by atoms with Crippen molar-refractivity contribution >= 4 is 0 Å². The number of likely N-dealkylation sites (tertiary alicyclic amines) is 1. The molecule has 0 radical (unpaired) electrons. The number of hydrogen-bond donors (Lipinski definition) is 0. The number of rotatable bonds is 2. The van der Waals surface area contributed by atoms with Crippen molar-refractivity contribution < 1.29 is 0 Å². The molecule has 1 aliphatic carbocycles. The zero-order chi connectivity index (χ0) is 8.44. The molecule has 0 aromatic rings. The van der Waals surface area contributed by atoms with Crippen LogP contribution in [0.5, 0.6) is 0 Å².